The summed E-state index contributed by atoms with van der Waals surface area (Å²) in [7, 11) is 0. The van der Waals surface area contributed by atoms with E-state index in [1.807, 2.05) is 36.4 Å². The van der Waals surface area contributed by atoms with Crippen molar-refractivity contribution in [1.29, 1.82) is 0 Å². The van der Waals surface area contributed by atoms with Gasteiger partial charge in [0.1, 0.15) is 0 Å². The number of hydrogen-bond donors (Lipinski definition) is 0. The minimum absolute atomic E-state index is 0.440. The fraction of sp³-hybridized carbons (Fsp3) is 0.263. The minimum Gasteiger partial charge on any atom is -0.461 e. The van der Waals surface area contributed by atoms with E-state index in [4.69, 9.17) is 8.94 Å². The van der Waals surface area contributed by atoms with Crippen molar-refractivity contribution in [3.8, 4) is 23.0 Å². The van der Waals surface area contributed by atoms with Gasteiger partial charge in [-0.25, -0.2) is 0 Å². The molecule has 1 aromatic carbocycles. The van der Waals surface area contributed by atoms with Crippen LogP contribution in [0.2, 0.25) is 0 Å². The van der Waals surface area contributed by atoms with Crippen LogP contribution in [-0.4, -0.2) is 24.9 Å². The van der Waals surface area contributed by atoms with E-state index < -0.39 is 0 Å². The Bertz CT molecular complexity index is 1060. The Morgan fingerprint density at radius 1 is 1.18 bits per heavy atom. The smallest absolute Gasteiger partial charge is 0.237 e. The molecule has 3 aromatic heterocycles. The third-order valence-corrected chi connectivity index (χ3v) is 5.33. The molecule has 0 bridgehead atoms. The molecule has 3 heterocycles. The summed E-state index contributed by atoms with van der Waals surface area (Å²) in [5.41, 5.74) is 0.900. The van der Waals surface area contributed by atoms with Gasteiger partial charge in [0.2, 0.25) is 11.7 Å². The van der Waals surface area contributed by atoms with Crippen LogP contribution in [0.1, 0.15) is 19.7 Å². The molecule has 0 saturated carbocycles. The van der Waals surface area contributed by atoms with E-state index in [9.17, 15) is 0 Å². The van der Waals surface area contributed by atoms with E-state index in [0.29, 0.717) is 29.1 Å². The zero-order valence-corrected chi connectivity index (χ0v) is 17.8. The van der Waals surface area contributed by atoms with Crippen LogP contribution in [0.15, 0.2) is 61.2 Å². The second kappa shape index (κ2) is 8.32. The molecule has 0 saturated heterocycles. The molecule has 7 nitrogen and oxygen atoms in total. The maximum absolute atomic E-state index is 5.50. The monoisotopic (exact) mass is 459 g/mol. The number of hydrogen-bond acceptors (Lipinski definition) is 7. The molecule has 0 fully saturated rings. The van der Waals surface area contributed by atoms with Crippen molar-refractivity contribution >= 4 is 27.7 Å². The third-order valence-electron chi connectivity index (χ3n) is 3.88. The Morgan fingerprint density at radius 3 is 2.82 bits per heavy atom. The van der Waals surface area contributed by atoms with Crippen molar-refractivity contribution in [1.82, 2.24) is 24.9 Å². The summed E-state index contributed by atoms with van der Waals surface area (Å²) in [6.07, 6.45) is 1.64. The molecule has 9 heteroatoms. The first kappa shape index (κ1) is 18.9. The van der Waals surface area contributed by atoms with Gasteiger partial charge in [-0.05, 0) is 30.2 Å². The highest BCUT2D eigenvalue weighted by atomic mass is 79.9. The van der Waals surface area contributed by atoms with Crippen molar-refractivity contribution in [3.63, 3.8) is 0 Å². The Morgan fingerprint density at radius 2 is 2.07 bits per heavy atom. The van der Waals surface area contributed by atoms with Gasteiger partial charge in [0.25, 0.3) is 0 Å². The van der Waals surface area contributed by atoms with Crippen molar-refractivity contribution in [2.75, 3.05) is 0 Å². The Kier molecular flexibility index (Phi) is 5.63. The third kappa shape index (κ3) is 4.20. The summed E-state index contributed by atoms with van der Waals surface area (Å²) in [6.45, 7) is 5.10. The summed E-state index contributed by atoms with van der Waals surface area (Å²) in [5.74, 6) is 3.48. The number of halogens is 1. The standard InChI is InChI=1S/C19H18BrN5O2S/c1-12(2)10-25-18(15-7-4-8-26-15)22-23-19(25)28-11-16-21-17(24-27-16)13-5-3-6-14(20)9-13/h3-9,12H,10-11H2,1-2H3. The van der Waals surface area contributed by atoms with Crippen molar-refractivity contribution in [3.05, 3.63) is 53.0 Å². The molecule has 0 spiro atoms. The van der Waals surface area contributed by atoms with Gasteiger partial charge < -0.3 is 8.94 Å². The molecule has 0 N–H and O–H groups in total. The van der Waals surface area contributed by atoms with Gasteiger partial charge in [0.15, 0.2) is 16.7 Å². The van der Waals surface area contributed by atoms with Crippen molar-refractivity contribution < 1.29 is 8.94 Å². The highest BCUT2D eigenvalue weighted by Crippen LogP contribution is 2.28. The molecule has 144 valence electrons. The van der Waals surface area contributed by atoms with Crippen LogP contribution < -0.4 is 0 Å². The van der Waals surface area contributed by atoms with Crippen LogP contribution >= 0.6 is 27.7 Å². The Hall–Kier alpha value is -2.39. The molecule has 4 rings (SSSR count). The molecule has 0 amide bonds. The predicted octanol–water partition coefficient (Wildman–Crippen LogP) is 5.30. The van der Waals surface area contributed by atoms with Crippen molar-refractivity contribution in [2.24, 2.45) is 5.92 Å². The average Bonchev–Trinajstić information content (AvgIpc) is 3.41. The second-order valence-corrected chi connectivity index (χ2v) is 8.46. The van der Waals surface area contributed by atoms with Crippen LogP contribution in [0.5, 0.6) is 0 Å². The molecule has 0 unspecified atom stereocenters. The number of aromatic nitrogens is 5. The lowest BCUT2D eigenvalue weighted by molar-refractivity contribution is 0.391. The number of benzene rings is 1. The fourth-order valence-electron chi connectivity index (χ4n) is 2.70. The van der Waals surface area contributed by atoms with Gasteiger partial charge in [0, 0.05) is 16.6 Å². The maximum Gasteiger partial charge on any atom is 0.237 e. The SMILES string of the molecule is CC(C)Cn1c(SCc2nc(-c3cccc(Br)c3)no2)nnc1-c1ccco1. The second-order valence-electron chi connectivity index (χ2n) is 6.60. The fourth-order valence-corrected chi connectivity index (χ4v) is 3.88. The summed E-state index contributed by atoms with van der Waals surface area (Å²) in [4.78, 5) is 4.49. The molecule has 0 aliphatic heterocycles. The van der Waals surface area contributed by atoms with Crippen LogP contribution in [-0.2, 0) is 12.3 Å². The molecule has 0 atom stereocenters. The number of rotatable bonds is 7. The summed E-state index contributed by atoms with van der Waals surface area (Å²) < 4.78 is 13.9. The Labute approximate surface area is 174 Å². The summed E-state index contributed by atoms with van der Waals surface area (Å²) >= 11 is 4.97. The van der Waals surface area contributed by atoms with Gasteiger partial charge in [-0.15, -0.1) is 10.2 Å². The lowest BCUT2D eigenvalue weighted by Crippen LogP contribution is -2.07. The van der Waals surface area contributed by atoms with Crippen LogP contribution in [0.3, 0.4) is 0 Å². The molecular formula is C19H18BrN5O2S. The van der Waals surface area contributed by atoms with Gasteiger partial charge in [-0.3, -0.25) is 4.57 Å². The zero-order valence-electron chi connectivity index (χ0n) is 15.4. The van der Waals surface area contributed by atoms with E-state index in [2.05, 4.69) is 54.7 Å². The van der Waals surface area contributed by atoms with Gasteiger partial charge in [0.05, 0.1) is 12.0 Å². The number of nitrogens with zero attached hydrogens (tertiary/aromatic N) is 5. The van der Waals surface area contributed by atoms with E-state index in [-0.39, 0.29) is 0 Å². The summed E-state index contributed by atoms with van der Waals surface area (Å²) in [5, 5.41) is 13.5. The quantitative estimate of drug-likeness (QED) is 0.346. The van der Waals surface area contributed by atoms with Gasteiger partial charge >= 0.3 is 0 Å². The van der Waals surface area contributed by atoms with E-state index >= 15 is 0 Å². The Balaban J connectivity index is 1.52. The van der Waals surface area contributed by atoms with Crippen LogP contribution in [0.4, 0.5) is 0 Å². The molecule has 0 aliphatic carbocycles. The molecule has 0 radical (unpaired) electrons. The van der Waals surface area contributed by atoms with Gasteiger partial charge in [-0.2, -0.15) is 4.98 Å². The highest BCUT2D eigenvalue weighted by molar-refractivity contribution is 9.10. The first-order valence-corrected chi connectivity index (χ1v) is 10.6. The number of furan rings is 1. The highest BCUT2D eigenvalue weighted by Gasteiger charge is 2.18. The molecule has 4 aromatic rings. The lowest BCUT2D eigenvalue weighted by Gasteiger charge is -2.10. The van der Waals surface area contributed by atoms with E-state index in [1.165, 1.54) is 11.8 Å². The van der Waals surface area contributed by atoms with Crippen molar-refractivity contribution in [2.45, 2.75) is 31.3 Å². The molecule has 0 aliphatic rings. The largest absolute Gasteiger partial charge is 0.461 e. The van der Waals surface area contributed by atoms with E-state index in [1.54, 1.807) is 6.26 Å². The van der Waals surface area contributed by atoms with Crippen LogP contribution in [0, 0.1) is 5.92 Å². The molecular weight excluding hydrogens is 442 g/mol. The average molecular weight is 460 g/mol. The van der Waals surface area contributed by atoms with Crippen LogP contribution in [0.25, 0.3) is 23.0 Å². The summed E-state index contributed by atoms with van der Waals surface area (Å²) in [6, 6.07) is 11.5. The maximum atomic E-state index is 5.50. The number of thioether (sulfide) groups is 1. The topological polar surface area (TPSA) is 82.8 Å². The van der Waals surface area contributed by atoms with Gasteiger partial charge in [-0.1, -0.05) is 58.8 Å². The predicted molar refractivity (Wildman–Crippen MR) is 110 cm³/mol. The first-order valence-electron chi connectivity index (χ1n) is 8.78. The normalized spacial score (nSPS) is 11.4. The minimum atomic E-state index is 0.440. The lowest BCUT2D eigenvalue weighted by atomic mass is 10.2. The van der Waals surface area contributed by atoms with E-state index in [0.717, 1.165) is 27.6 Å². The molecule has 28 heavy (non-hydrogen) atoms. The zero-order chi connectivity index (χ0) is 19.5. The first-order chi connectivity index (χ1) is 13.6.